The van der Waals surface area contributed by atoms with Crippen molar-refractivity contribution in [3.63, 3.8) is 0 Å². The molecular formula is C23H27NO4. The Hall–Kier alpha value is -2.82. The van der Waals surface area contributed by atoms with E-state index in [9.17, 15) is 14.7 Å². The van der Waals surface area contributed by atoms with Crippen molar-refractivity contribution in [1.29, 1.82) is 0 Å². The van der Waals surface area contributed by atoms with E-state index in [1.165, 1.54) is 5.56 Å². The third kappa shape index (κ3) is 5.12. The number of carbonyl (C=O) groups is 2. The van der Waals surface area contributed by atoms with Crippen LogP contribution in [0.25, 0.3) is 0 Å². The number of piperidine rings is 1. The van der Waals surface area contributed by atoms with Gasteiger partial charge < -0.3 is 14.7 Å². The minimum atomic E-state index is -0.942. The van der Waals surface area contributed by atoms with Gasteiger partial charge in [0.1, 0.15) is 5.75 Å². The molecule has 1 aliphatic heterocycles. The van der Waals surface area contributed by atoms with Crippen molar-refractivity contribution in [3.8, 4) is 5.75 Å². The Morgan fingerprint density at radius 3 is 2.39 bits per heavy atom. The highest BCUT2D eigenvalue weighted by Crippen LogP contribution is 2.23. The second kappa shape index (κ2) is 9.40. The molecule has 0 aromatic heterocycles. The highest BCUT2D eigenvalue weighted by atomic mass is 16.5. The van der Waals surface area contributed by atoms with Gasteiger partial charge in [0.25, 0.3) is 0 Å². The number of rotatable bonds is 7. The maximum absolute atomic E-state index is 12.6. The van der Waals surface area contributed by atoms with Crippen LogP contribution in [0.5, 0.6) is 5.75 Å². The highest BCUT2D eigenvalue weighted by molar-refractivity contribution is 5.89. The number of carboxylic acid groups (broad SMARTS) is 1. The lowest BCUT2D eigenvalue weighted by Crippen LogP contribution is -2.39. The van der Waals surface area contributed by atoms with Crippen molar-refractivity contribution >= 4 is 11.9 Å². The fraction of sp³-hybridized carbons (Fsp3) is 0.391. The molecule has 0 bridgehead atoms. The van der Waals surface area contributed by atoms with Gasteiger partial charge in [0.05, 0.1) is 12.7 Å². The van der Waals surface area contributed by atoms with Gasteiger partial charge in [0.2, 0.25) is 5.91 Å². The lowest BCUT2D eigenvalue weighted by atomic mass is 9.90. The van der Waals surface area contributed by atoms with Gasteiger partial charge in [-0.05, 0) is 60.9 Å². The minimum absolute atomic E-state index is 0.114. The van der Waals surface area contributed by atoms with E-state index in [1.807, 2.05) is 23.1 Å². The van der Waals surface area contributed by atoms with Crippen LogP contribution in [0.4, 0.5) is 0 Å². The van der Waals surface area contributed by atoms with Crippen molar-refractivity contribution in [2.75, 3.05) is 20.2 Å². The molecule has 1 N–H and O–H groups in total. The van der Waals surface area contributed by atoms with Crippen molar-refractivity contribution in [2.24, 2.45) is 5.92 Å². The van der Waals surface area contributed by atoms with Gasteiger partial charge in [-0.2, -0.15) is 0 Å². The number of benzene rings is 2. The zero-order valence-electron chi connectivity index (χ0n) is 16.3. The van der Waals surface area contributed by atoms with Crippen LogP contribution in [-0.4, -0.2) is 42.1 Å². The van der Waals surface area contributed by atoms with E-state index in [2.05, 4.69) is 12.1 Å². The molecule has 28 heavy (non-hydrogen) atoms. The number of aromatic carboxylic acids is 1. The summed E-state index contributed by atoms with van der Waals surface area (Å²) in [6, 6.07) is 15.1. The predicted molar refractivity (Wildman–Crippen MR) is 108 cm³/mol. The lowest BCUT2D eigenvalue weighted by Gasteiger charge is -2.32. The van der Waals surface area contributed by atoms with Crippen LogP contribution >= 0.6 is 0 Å². The molecule has 148 valence electrons. The number of amides is 1. The van der Waals surface area contributed by atoms with E-state index in [1.54, 1.807) is 25.3 Å². The summed E-state index contributed by atoms with van der Waals surface area (Å²) < 4.78 is 5.20. The maximum atomic E-state index is 12.6. The zero-order valence-corrected chi connectivity index (χ0v) is 16.3. The van der Waals surface area contributed by atoms with Crippen molar-refractivity contribution < 1.29 is 19.4 Å². The zero-order chi connectivity index (χ0) is 19.9. The quantitative estimate of drug-likeness (QED) is 0.792. The molecule has 1 heterocycles. The maximum Gasteiger partial charge on any atom is 0.335 e. The smallest absolute Gasteiger partial charge is 0.335 e. The van der Waals surface area contributed by atoms with Crippen molar-refractivity contribution in [3.05, 3.63) is 65.2 Å². The normalized spacial score (nSPS) is 14.7. The number of methoxy groups -OCH3 is 1. The van der Waals surface area contributed by atoms with E-state index < -0.39 is 5.97 Å². The summed E-state index contributed by atoms with van der Waals surface area (Å²) in [4.78, 5) is 25.8. The Morgan fingerprint density at radius 1 is 1.07 bits per heavy atom. The molecule has 1 aliphatic rings. The average molecular weight is 381 g/mol. The summed E-state index contributed by atoms with van der Waals surface area (Å²) in [6.07, 6.45) is 3.85. The number of hydrogen-bond acceptors (Lipinski definition) is 3. The standard InChI is InChI=1S/C23H27NO4/c1-28-20-9-6-17(7-10-20)16-18-12-14-24(15-13-18)22(25)11-8-19-4-2-3-5-21(19)23(26)27/h2-7,9-10,18H,8,11-16H2,1H3,(H,26,27). The molecule has 0 unspecified atom stereocenters. The summed E-state index contributed by atoms with van der Waals surface area (Å²) >= 11 is 0. The van der Waals surface area contributed by atoms with Gasteiger partial charge in [-0.25, -0.2) is 4.79 Å². The van der Waals surface area contributed by atoms with Gasteiger partial charge in [0.15, 0.2) is 0 Å². The first kappa shape index (κ1) is 19.9. The molecule has 3 rings (SSSR count). The van der Waals surface area contributed by atoms with Crippen LogP contribution in [0.2, 0.25) is 0 Å². The molecular weight excluding hydrogens is 354 g/mol. The molecule has 1 fully saturated rings. The van der Waals surface area contributed by atoms with Gasteiger partial charge >= 0.3 is 5.97 Å². The Labute approximate surface area is 165 Å². The fourth-order valence-electron chi connectivity index (χ4n) is 3.83. The second-order valence-electron chi connectivity index (χ2n) is 7.34. The molecule has 0 spiro atoms. The van der Waals surface area contributed by atoms with Crippen molar-refractivity contribution in [1.82, 2.24) is 4.90 Å². The van der Waals surface area contributed by atoms with Crippen LogP contribution < -0.4 is 4.74 Å². The highest BCUT2D eigenvalue weighted by Gasteiger charge is 2.23. The van der Waals surface area contributed by atoms with E-state index in [-0.39, 0.29) is 11.5 Å². The number of hydrogen-bond donors (Lipinski definition) is 1. The Kier molecular flexibility index (Phi) is 6.69. The molecule has 1 amide bonds. The van der Waals surface area contributed by atoms with Crippen LogP contribution in [0.15, 0.2) is 48.5 Å². The summed E-state index contributed by atoms with van der Waals surface area (Å²) in [5.74, 6) is 0.629. The van der Waals surface area contributed by atoms with Gasteiger partial charge in [-0.3, -0.25) is 4.79 Å². The van der Waals surface area contributed by atoms with E-state index in [0.29, 0.717) is 18.8 Å². The Morgan fingerprint density at radius 2 is 1.75 bits per heavy atom. The van der Waals surface area contributed by atoms with Gasteiger partial charge in [-0.15, -0.1) is 0 Å². The molecule has 2 aromatic carbocycles. The first-order valence-corrected chi connectivity index (χ1v) is 9.78. The molecule has 0 aliphatic carbocycles. The second-order valence-corrected chi connectivity index (χ2v) is 7.34. The first-order valence-electron chi connectivity index (χ1n) is 9.78. The number of likely N-dealkylation sites (tertiary alicyclic amines) is 1. The molecule has 0 atom stereocenters. The topological polar surface area (TPSA) is 66.8 Å². The summed E-state index contributed by atoms with van der Waals surface area (Å²) in [5, 5.41) is 9.26. The SMILES string of the molecule is COc1ccc(CC2CCN(C(=O)CCc3ccccc3C(=O)O)CC2)cc1. The number of carboxylic acids is 1. The average Bonchev–Trinajstić information content (AvgIpc) is 2.73. The van der Waals surface area contributed by atoms with Gasteiger partial charge in [0, 0.05) is 19.5 Å². The predicted octanol–water partition coefficient (Wildman–Crippen LogP) is 3.81. The van der Waals surface area contributed by atoms with Crippen LogP contribution in [0.3, 0.4) is 0 Å². The third-order valence-corrected chi connectivity index (χ3v) is 5.51. The largest absolute Gasteiger partial charge is 0.497 e. The number of carbonyl (C=O) groups excluding carboxylic acids is 1. The lowest BCUT2D eigenvalue weighted by molar-refractivity contribution is -0.132. The number of ether oxygens (including phenoxy) is 1. The number of nitrogens with zero attached hydrogens (tertiary/aromatic N) is 1. The van der Waals surface area contributed by atoms with Gasteiger partial charge in [-0.1, -0.05) is 30.3 Å². The monoisotopic (exact) mass is 381 g/mol. The molecule has 5 heteroatoms. The van der Waals surface area contributed by atoms with E-state index >= 15 is 0 Å². The Balaban J connectivity index is 1.46. The molecule has 2 aromatic rings. The molecule has 1 saturated heterocycles. The van der Waals surface area contributed by atoms with Crippen LogP contribution in [-0.2, 0) is 17.6 Å². The summed E-state index contributed by atoms with van der Waals surface area (Å²) in [5.41, 5.74) is 2.31. The third-order valence-electron chi connectivity index (χ3n) is 5.51. The van der Waals surface area contributed by atoms with E-state index in [4.69, 9.17) is 4.74 Å². The summed E-state index contributed by atoms with van der Waals surface area (Å²) in [7, 11) is 1.67. The first-order chi connectivity index (χ1) is 13.6. The van der Waals surface area contributed by atoms with E-state index in [0.717, 1.165) is 43.7 Å². The summed E-state index contributed by atoms with van der Waals surface area (Å²) in [6.45, 7) is 1.56. The molecule has 0 saturated carbocycles. The number of aryl methyl sites for hydroxylation is 1. The van der Waals surface area contributed by atoms with Crippen molar-refractivity contribution in [2.45, 2.75) is 32.1 Å². The van der Waals surface area contributed by atoms with Crippen LogP contribution in [0.1, 0.15) is 40.7 Å². The fourth-order valence-corrected chi connectivity index (χ4v) is 3.83. The Bertz CT molecular complexity index is 808. The molecule has 0 radical (unpaired) electrons. The van der Waals surface area contributed by atoms with Crippen LogP contribution in [0, 0.1) is 5.92 Å². The minimum Gasteiger partial charge on any atom is -0.497 e. The molecule has 5 nitrogen and oxygen atoms in total.